The summed E-state index contributed by atoms with van der Waals surface area (Å²) in [6, 6.07) is 1.85. The van der Waals surface area contributed by atoms with Crippen molar-refractivity contribution in [2.45, 2.75) is 44.2 Å². The highest BCUT2D eigenvalue weighted by atomic mass is 79.9. The van der Waals surface area contributed by atoms with E-state index in [-0.39, 0.29) is 0 Å². The summed E-state index contributed by atoms with van der Waals surface area (Å²) in [5.74, 6) is 1.01. The molecule has 12 heavy (non-hydrogen) atoms. The van der Waals surface area contributed by atoms with E-state index in [0.717, 1.165) is 18.0 Å². The molecule has 0 amide bonds. The molecule has 2 unspecified atom stereocenters. The Bertz CT molecular complexity index is 146. The van der Waals surface area contributed by atoms with E-state index in [1.54, 1.807) is 0 Å². The predicted molar refractivity (Wildman–Crippen MR) is 55.7 cm³/mol. The molecule has 2 saturated heterocycles. The molecule has 2 bridgehead atoms. The van der Waals surface area contributed by atoms with Gasteiger partial charge < -0.3 is 4.90 Å². The van der Waals surface area contributed by atoms with Gasteiger partial charge in [0.2, 0.25) is 0 Å². The number of hydrogen-bond acceptors (Lipinski definition) is 1. The highest BCUT2D eigenvalue weighted by Crippen LogP contribution is 2.38. The van der Waals surface area contributed by atoms with Gasteiger partial charge in [0.15, 0.2) is 0 Å². The van der Waals surface area contributed by atoms with E-state index < -0.39 is 0 Å². The minimum absolute atomic E-state index is 0.924. The predicted octanol–water partition coefficient (Wildman–Crippen LogP) is 2.64. The quantitative estimate of drug-likeness (QED) is 0.661. The molecule has 2 fully saturated rings. The molecule has 0 spiro atoms. The standard InChI is InChI=1S/C10H18BrN/c1-12-9-2-3-10(12)7-8(6-9)4-5-11/h8-10H,2-7H2,1H3. The van der Waals surface area contributed by atoms with Crippen LogP contribution in [0.15, 0.2) is 0 Å². The summed E-state index contributed by atoms with van der Waals surface area (Å²) in [4.78, 5) is 2.62. The average Bonchev–Trinajstić information content (AvgIpc) is 2.33. The van der Waals surface area contributed by atoms with Crippen molar-refractivity contribution in [3.63, 3.8) is 0 Å². The van der Waals surface area contributed by atoms with Crippen LogP contribution in [-0.2, 0) is 0 Å². The van der Waals surface area contributed by atoms with E-state index in [9.17, 15) is 0 Å². The third-order valence-electron chi connectivity index (χ3n) is 3.71. The summed E-state index contributed by atoms with van der Waals surface area (Å²) in [5, 5.41) is 1.20. The van der Waals surface area contributed by atoms with Gasteiger partial charge in [0.05, 0.1) is 0 Å². The second-order valence-electron chi connectivity index (χ2n) is 4.37. The van der Waals surface area contributed by atoms with E-state index >= 15 is 0 Å². The molecule has 0 radical (unpaired) electrons. The number of alkyl halides is 1. The van der Waals surface area contributed by atoms with Crippen molar-refractivity contribution in [2.24, 2.45) is 5.92 Å². The first-order valence-corrected chi connectivity index (χ1v) is 6.21. The zero-order valence-electron chi connectivity index (χ0n) is 7.80. The third kappa shape index (κ3) is 1.56. The molecule has 0 aromatic rings. The van der Waals surface area contributed by atoms with Crippen LogP contribution in [0.5, 0.6) is 0 Å². The number of hydrogen-bond donors (Lipinski definition) is 0. The lowest BCUT2D eigenvalue weighted by atomic mass is 9.89. The summed E-state index contributed by atoms with van der Waals surface area (Å²) < 4.78 is 0. The maximum absolute atomic E-state index is 3.55. The Morgan fingerprint density at radius 2 is 1.83 bits per heavy atom. The van der Waals surface area contributed by atoms with Gasteiger partial charge in [0.1, 0.15) is 0 Å². The molecule has 2 atom stereocenters. The first kappa shape index (κ1) is 9.01. The van der Waals surface area contributed by atoms with E-state index in [1.807, 2.05) is 0 Å². The first-order chi connectivity index (χ1) is 5.81. The lowest BCUT2D eigenvalue weighted by Crippen LogP contribution is -2.39. The lowest BCUT2D eigenvalue weighted by Gasteiger charge is -2.36. The van der Waals surface area contributed by atoms with E-state index in [4.69, 9.17) is 0 Å². The second kappa shape index (κ2) is 3.67. The van der Waals surface area contributed by atoms with Crippen molar-refractivity contribution in [1.29, 1.82) is 0 Å². The van der Waals surface area contributed by atoms with Crippen molar-refractivity contribution in [2.75, 3.05) is 12.4 Å². The van der Waals surface area contributed by atoms with Crippen molar-refractivity contribution < 1.29 is 0 Å². The number of fused-ring (bicyclic) bond motifs is 2. The molecule has 0 aromatic carbocycles. The maximum atomic E-state index is 3.55. The Kier molecular flexibility index (Phi) is 2.75. The van der Waals surface area contributed by atoms with Crippen LogP contribution in [0.1, 0.15) is 32.1 Å². The smallest absolute Gasteiger partial charge is 0.00983 e. The van der Waals surface area contributed by atoms with Crippen LogP contribution in [0.4, 0.5) is 0 Å². The van der Waals surface area contributed by atoms with Crippen LogP contribution < -0.4 is 0 Å². The molecule has 0 N–H and O–H groups in total. The summed E-state index contributed by atoms with van der Waals surface area (Å²) in [6.45, 7) is 0. The highest BCUT2D eigenvalue weighted by molar-refractivity contribution is 9.09. The molecule has 70 valence electrons. The Balaban J connectivity index is 1.93. The SMILES string of the molecule is CN1C2CCC1CC(CCBr)C2. The van der Waals surface area contributed by atoms with Gasteiger partial charge in [-0.25, -0.2) is 0 Å². The summed E-state index contributed by atoms with van der Waals surface area (Å²) >= 11 is 3.55. The third-order valence-corrected chi connectivity index (χ3v) is 4.17. The minimum atomic E-state index is 0.924. The van der Waals surface area contributed by atoms with E-state index in [2.05, 4.69) is 27.9 Å². The molecular formula is C10H18BrN. The number of piperidine rings is 1. The lowest BCUT2D eigenvalue weighted by molar-refractivity contribution is 0.133. The molecule has 0 aliphatic carbocycles. The second-order valence-corrected chi connectivity index (χ2v) is 5.16. The van der Waals surface area contributed by atoms with Gasteiger partial charge >= 0.3 is 0 Å². The van der Waals surface area contributed by atoms with Gasteiger partial charge in [0.25, 0.3) is 0 Å². The van der Waals surface area contributed by atoms with Gasteiger partial charge in [-0.15, -0.1) is 0 Å². The normalized spacial score (nSPS) is 42.0. The van der Waals surface area contributed by atoms with Gasteiger partial charge in [-0.1, -0.05) is 15.9 Å². The molecule has 2 aliphatic rings. The summed E-state index contributed by atoms with van der Waals surface area (Å²) in [5.41, 5.74) is 0. The van der Waals surface area contributed by atoms with Gasteiger partial charge in [-0.3, -0.25) is 0 Å². The van der Waals surface area contributed by atoms with Gasteiger partial charge in [0, 0.05) is 17.4 Å². The van der Waals surface area contributed by atoms with Crippen LogP contribution in [0.2, 0.25) is 0 Å². The summed E-state index contributed by atoms with van der Waals surface area (Å²) in [6.07, 6.45) is 7.22. The summed E-state index contributed by atoms with van der Waals surface area (Å²) in [7, 11) is 2.31. The molecule has 2 heteroatoms. The molecule has 0 saturated carbocycles. The van der Waals surface area contributed by atoms with Crippen LogP contribution in [0.3, 0.4) is 0 Å². The van der Waals surface area contributed by atoms with E-state index in [0.29, 0.717) is 0 Å². The van der Waals surface area contributed by atoms with Gasteiger partial charge in [-0.2, -0.15) is 0 Å². The maximum Gasteiger partial charge on any atom is 0.00983 e. The average molecular weight is 232 g/mol. The van der Waals surface area contributed by atoms with Crippen LogP contribution in [-0.4, -0.2) is 29.4 Å². The molecule has 2 heterocycles. The fourth-order valence-electron chi connectivity index (χ4n) is 2.91. The largest absolute Gasteiger partial charge is 0.300 e. The topological polar surface area (TPSA) is 3.24 Å². The Morgan fingerprint density at radius 1 is 1.25 bits per heavy atom. The fourth-order valence-corrected chi connectivity index (χ4v) is 3.56. The fraction of sp³-hybridized carbons (Fsp3) is 1.00. The number of nitrogens with zero attached hydrogens (tertiary/aromatic N) is 1. The van der Waals surface area contributed by atoms with Crippen molar-refractivity contribution in [1.82, 2.24) is 4.90 Å². The van der Waals surface area contributed by atoms with Crippen molar-refractivity contribution >= 4 is 15.9 Å². The first-order valence-electron chi connectivity index (χ1n) is 5.09. The minimum Gasteiger partial charge on any atom is -0.300 e. The van der Waals surface area contributed by atoms with Crippen molar-refractivity contribution in [3.8, 4) is 0 Å². The van der Waals surface area contributed by atoms with Crippen molar-refractivity contribution in [3.05, 3.63) is 0 Å². The zero-order valence-corrected chi connectivity index (χ0v) is 9.39. The Morgan fingerprint density at radius 3 is 2.33 bits per heavy atom. The van der Waals surface area contributed by atoms with Gasteiger partial charge in [-0.05, 0) is 45.1 Å². The monoisotopic (exact) mass is 231 g/mol. The molecule has 0 aromatic heterocycles. The van der Waals surface area contributed by atoms with E-state index in [1.165, 1.54) is 37.4 Å². The number of halogens is 1. The zero-order chi connectivity index (χ0) is 8.55. The molecule has 2 rings (SSSR count). The van der Waals surface area contributed by atoms with Crippen LogP contribution >= 0.6 is 15.9 Å². The molecule has 1 nitrogen and oxygen atoms in total. The number of rotatable bonds is 2. The molecule has 2 aliphatic heterocycles. The Hall–Kier alpha value is 0.440. The highest BCUT2D eigenvalue weighted by Gasteiger charge is 2.37. The van der Waals surface area contributed by atoms with Crippen LogP contribution in [0, 0.1) is 5.92 Å². The molecular weight excluding hydrogens is 214 g/mol. The van der Waals surface area contributed by atoms with Crippen LogP contribution in [0.25, 0.3) is 0 Å². The Labute approximate surface area is 83.6 Å².